The van der Waals surface area contributed by atoms with Crippen molar-refractivity contribution in [3.63, 3.8) is 0 Å². The van der Waals surface area contributed by atoms with E-state index in [1.165, 1.54) is 0 Å². The van der Waals surface area contributed by atoms with Crippen molar-refractivity contribution in [3.8, 4) is 0 Å². The predicted molar refractivity (Wildman–Crippen MR) is 66.2 cm³/mol. The van der Waals surface area contributed by atoms with Crippen molar-refractivity contribution in [1.82, 2.24) is 4.90 Å². The Kier molecular flexibility index (Phi) is 3.72. The van der Waals surface area contributed by atoms with Crippen LogP contribution in [0.3, 0.4) is 0 Å². The van der Waals surface area contributed by atoms with Gasteiger partial charge in [0.2, 0.25) is 0 Å². The molecule has 1 amide bonds. The quantitative estimate of drug-likeness (QED) is 0.746. The maximum absolute atomic E-state index is 12.1. The summed E-state index contributed by atoms with van der Waals surface area (Å²) >= 11 is 11.8. The molecule has 0 spiro atoms. The summed E-state index contributed by atoms with van der Waals surface area (Å²) in [5, 5.41) is 0.516. The minimum absolute atomic E-state index is 0.0122. The van der Waals surface area contributed by atoms with Crippen molar-refractivity contribution >= 4 is 29.1 Å². The van der Waals surface area contributed by atoms with Crippen molar-refractivity contribution in [3.05, 3.63) is 34.9 Å². The van der Waals surface area contributed by atoms with Crippen LogP contribution in [0.1, 0.15) is 16.8 Å². The Morgan fingerprint density at radius 1 is 1.44 bits per heavy atom. The molecule has 0 saturated carbocycles. The van der Waals surface area contributed by atoms with Gasteiger partial charge in [0.15, 0.2) is 0 Å². The molecule has 1 atom stereocenters. The summed E-state index contributed by atoms with van der Waals surface area (Å²) in [7, 11) is 0. The molecule has 1 fully saturated rings. The van der Waals surface area contributed by atoms with Crippen LogP contribution >= 0.6 is 23.2 Å². The van der Waals surface area contributed by atoms with Gasteiger partial charge in [-0.1, -0.05) is 23.7 Å². The lowest BCUT2D eigenvalue weighted by atomic mass is 10.1. The maximum atomic E-state index is 12.1. The molecule has 4 heteroatoms. The lowest BCUT2D eigenvalue weighted by molar-refractivity contribution is 0.0788. The molecule has 1 aromatic rings. The summed E-state index contributed by atoms with van der Waals surface area (Å²) in [6.45, 7) is 1.52. The Balaban J connectivity index is 2.12. The van der Waals surface area contributed by atoms with Crippen LogP contribution in [-0.2, 0) is 0 Å². The third kappa shape index (κ3) is 2.33. The molecule has 16 heavy (non-hydrogen) atoms. The average molecular weight is 258 g/mol. The van der Waals surface area contributed by atoms with Crippen molar-refractivity contribution in [2.24, 2.45) is 5.92 Å². The third-order valence-electron chi connectivity index (χ3n) is 2.90. The van der Waals surface area contributed by atoms with Crippen molar-refractivity contribution in [2.45, 2.75) is 6.42 Å². The van der Waals surface area contributed by atoms with Crippen LogP contribution in [-0.4, -0.2) is 29.8 Å². The first-order valence-corrected chi connectivity index (χ1v) is 6.23. The fourth-order valence-electron chi connectivity index (χ4n) is 1.95. The number of carbonyl (C=O) groups is 1. The standard InChI is InChI=1S/C12H13Cl2NO/c13-7-9-5-6-15(8-9)12(16)10-3-1-2-4-11(10)14/h1-4,9H,5-8H2. The van der Waals surface area contributed by atoms with E-state index in [1.54, 1.807) is 12.1 Å². The molecule has 0 aromatic heterocycles. The van der Waals surface area contributed by atoms with Crippen LogP contribution in [0.15, 0.2) is 24.3 Å². The van der Waals surface area contributed by atoms with Crippen LogP contribution in [0, 0.1) is 5.92 Å². The molecule has 1 heterocycles. The Hall–Kier alpha value is -0.730. The number of nitrogens with zero attached hydrogens (tertiary/aromatic N) is 1. The molecule has 86 valence electrons. The fourth-order valence-corrected chi connectivity index (χ4v) is 2.42. The van der Waals surface area contributed by atoms with Crippen LogP contribution in [0.25, 0.3) is 0 Å². The molecule has 0 radical (unpaired) electrons. The second-order valence-electron chi connectivity index (χ2n) is 4.04. The molecule has 0 N–H and O–H groups in total. The topological polar surface area (TPSA) is 20.3 Å². The predicted octanol–water partition coefficient (Wildman–Crippen LogP) is 3.04. The fraction of sp³-hybridized carbons (Fsp3) is 0.417. The van der Waals surface area contributed by atoms with Gasteiger partial charge in [-0.25, -0.2) is 0 Å². The first-order valence-electron chi connectivity index (χ1n) is 5.32. The van der Waals surface area contributed by atoms with Gasteiger partial charge in [-0.05, 0) is 24.5 Å². The number of alkyl halides is 1. The number of benzene rings is 1. The van der Waals surface area contributed by atoms with Crippen LogP contribution in [0.5, 0.6) is 0 Å². The largest absolute Gasteiger partial charge is 0.338 e. The van der Waals surface area contributed by atoms with Gasteiger partial charge in [-0.2, -0.15) is 0 Å². The number of halogens is 2. The van der Waals surface area contributed by atoms with Gasteiger partial charge in [-0.15, -0.1) is 11.6 Å². The van der Waals surface area contributed by atoms with Gasteiger partial charge in [0.1, 0.15) is 0 Å². The van der Waals surface area contributed by atoms with Crippen molar-refractivity contribution in [2.75, 3.05) is 19.0 Å². The lowest BCUT2D eigenvalue weighted by Gasteiger charge is -2.16. The van der Waals surface area contributed by atoms with Crippen LogP contribution in [0.4, 0.5) is 0 Å². The van der Waals surface area contributed by atoms with E-state index in [-0.39, 0.29) is 5.91 Å². The third-order valence-corrected chi connectivity index (χ3v) is 3.66. The molecule has 0 aliphatic carbocycles. The molecule has 1 aromatic carbocycles. The normalized spacial score (nSPS) is 20.1. The van der Waals surface area contributed by atoms with E-state index in [0.717, 1.165) is 19.5 Å². The van der Waals surface area contributed by atoms with E-state index in [0.29, 0.717) is 22.4 Å². The smallest absolute Gasteiger partial charge is 0.255 e. The summed E-state index contributed by atoms with van der Waals surface area (Å²) in [5.41, 5.74) is 0.583. The van der Waals surface area contributed by atoms with Gasteiger partial charge >= 0.3 is 0 Å². The lowest BCUT2D eigenvalue weighted by Crippen LogP contribution is -2.29. The average Bonchev–Trinajstić information content (AvgIpc) is 2.77. The highest BCUT2D eigenvalue weighted by Gasteiger charge is 2.27. The molecular weight excluding hydrogens is 245 g/mol. The zero-order valence-corrected chi connectivity index (χ0v) is 10.3. The van der Waals surface area contributed by atoms with Crippen molar-refractivity contribution < 1.29 is 4.79 Å². The highest BCUT2D eigenvalue weighted by Crippen LogP contribution is 2.22. The number of carbonyl (C=O) groups excluding carboxylic acids is 1. The summed E-state index contributed by atoms with van der Waals surface area (Å²) in [5.74, 6) is 1.05. The summed E-state index contributed by atoms with van der Waals surface area (Å²) < 4.78 is 0. The Morgan fingerprint density at radius 3 is 2.81 bits per heavy atom. The number of likely N-dealkylation sites (tertiary alicyclic amines) is 1. The van der Waals surface area contributed by atoms with Gasteiger partial charge in [0.25, 0.3) is 5.91 Å². The number of amides is 1. The van der Waals surface area contributed by atoms with Crippen molar-refractivity contribution in [1.29, 1.82) is 0 Å². The molecule has 2 nitrogen and oxygen atoms in total. The number of rotatable bonds is 2. The van der Waals surface area contributed by atoms with E-state index in [4.69, 9.17) is 23.2 Å². The Labute approximate surface area is 105 Å². The molecule has 0 bridgehead atoms. The number of hydrogen-bond acceptors (Lipinski definition) is 1. The second kappa shape index (κ2) is 5.07. The monoisotopic (exact) mass is 257 g/mol. The molecule has 2 rings (SSSR count). The van der Waals surface area contributed by atoms with E-state index in [2.05, 4.69) is 0 Å². The first-order chi connectivity index (χ1) is 7.72. The minimum atomic E-state index is 0.0122. The van der Waals surface area contributed by atoms with Gasteiger partial charge in [0, 0.05) is 19.0 Å². The molecule has 1 aliphatic heterocycles. The van der Waals surface area contributed by atoms with E-state index >= 15 is 0 Å². The second-order valence-corrected chi connectivity index (χ2v) is 4.76. The molecule has 1 saturated heterocycles. The molecular formula is C12H13Cl2NO. The van der Waals surface area contributed by atoms with Crippen LogP contribution in [0.2, 0.25) is 5.02 Å². The summed E-state index contributed by atoms with van der Waals surface area (Å²) in [4.78, 5) is 14.0. The zero-order chi connectivity index (χ0) is 11.5. The molecule has 1 aliphatic rings. The van der Waals surface area contributed by atoms with E-state index in [9.17, 15) is 4.79 Å². The van der Waals surface area contributed by atoms with Gasteiger partial charge in [-0.3, -0.25) is 4.79 Å². The highest BCUT2D eigenvalue weighted by molar-refractivity contribution is 6.33. The van der Waals surface area contributed by atoms with E-state index in [1.807, 2.05) is 17.0 Å². The highest BCUT2D eigenvalue weighted by atomic mass is 35.5. The molecule has 1 unspecified atom stereocenters. The summed E-state index contributed by atoms with van der Waals surface area (Å²) in [6.07, 6.45) is 0.986. The Morgan fingerprint density at radius 2 is 2.19 bits per heavy atom. The summed E-state index contributed by atoms with van der Waals surface area (Å²) in [6, 6.07) is 7.15. The van der Waals surface area contributed by atoms with Gasteiger partial charge in [0.05, 0.1) is 10.6 Å². The van der Waals surface area contributed by atoms with Crippen LogP contribution < -0.4 is 0 Å². The van der Waals surface area contributed by atoms with Gasteiger partial charge < -0.3 is 4.90 Å². The SMILES string of the molecule is O=C(c1ccccc1Cl)N1CCC(CCl)C1. The maximum Gasteiger partial charge on any atom is 0.255 e. The zero-order valence-electron chi connectivity index (χ0n) is 8.83. The van der Waals surface area contributed by atoms with E-state index < -0.39 is 0 Å². The Bertz CT molecular complexity index is 394. The first kappa shape index (κ1) is 11.7. The minimum Gasteiger partial charge on any atom is -0.338 e. The number of hydrogen-bond donors (Lipinski definition) is 0.